The molecule has 0 bridgehead atoms. The molecule has 1 heteroatoms. The molecule has 0 amide bonds. The highest BCUT2D eigenvalue weighted by Crippen LogP contribution is 2.50. The normalized spacial score (nSPS) is 41.0. The summed E-state index contributed by atoms with van der Waals surface area (Å²) in [6.45, 7) is 17.4. The molecule has 0 radical (unpaired) electrons. The van der Waals surface area contributed by atoms with Crippen LogP contribution in [0.4, 0.5) is 0 Å². The van der Waals surface area contributed by atoms with Crippen molar-refractivity contribution in [2.24, 2.45) is 29.6 Å². The zero-order valence-electron chi connectivity index (χ0n) is 19.0. The van der Waals surface area contributed by atoms with E-state index in [4.69, 9.17) is 0 Å². The van der Waals surface area contributed by atoms with Gasteiger partial charge in [-0.25, -0.2) is 0 Å². The Hall–Kier alpha value is -1.34. The van der Waals surface area contributed by atoms with Crippen molar-refractivity contribution in [1.29, 1.82) is 0 Å². The van der Waals surface area contributed by atoms with Gasteiger partial charge in [-0.3, -0.25) is 0 Å². The van der Waals surface area contributed by atoms with Gasteiger partial charge in [0.1, 0.15) is 0 Å². The highest BCUT2D eigenvalue weighted by atomic mass is 15.1. The van der Waals surface area contributed by atoms with E-state index in [2.05, 4.69) is 90.2 Å². The molecule has 28 heavy (non-hydrogen) atoms. The summed E-state index contributed by atoms with van der Waals surface area (Å²) in [6.07, 6.45) is 3.70. The van der Waals surface area contributed by atoms with Crippen LogP contribution in [0.5, 0.6) is 0 Å². The molecule has 2 aromatic rings. The summed E-state index contributed by atoms with van der Waals surface area (Å²) in [6, 6.07) is 13.7. The van der Waals surface area contributed by atoms with E-state index < -0.39 is 0 Å². The highest BCUT2D eigenvalue weighted by molar-refractivity contribution is 5.87. The second-order valence-electron chi connectivity index (χ2n) is 10.6. The summed E-state index contributed by atoms with van der Waals surface area (Å²) >= 11 is 0. The van der Waals surface area contributed by atoms with Crippen molar-refractivity contribution >= 4 is 10.8 Å². The Morgan fingerprint density at radius 1 is 0.821 bits per heavy atom. The average molecular weight is 378 g/mol. The molecule has 2 aliphatic carbocycles. The van der Waals surface area contributed by atoms with E-state index in [-0.39, 0.29) is 11.1 Å². The SMILES string of the molecule is CC1C(C)C(C)C(C)(NC2(C)CCCc3c2ccc2ccccc32)C(C)C1C. The van der Waals surface area contributed by atoms with E-state index in [9.17, 15) is 0 Å². The second-order valence-corrected chi connectivity index (χ2v) is 10.6. The van der Waals surface area contributed by atoms with Crippen LogP contribution in [0.25, 0.3) is 10.8 Å². The van der Waals surface area contributed by atoms with Crippen LogP contribution in [0.15, 0.2) is 36.4 Å². The number of hydrogen-bond donors (Lipinski definition) is 1. The summed E-state index contributed by atoms with van der Waals surface area (Å²) in [5.41, 5.74) is 3.32. The van der Waals surface area contributed by atoms with Gasteiger partial charge in [0.25, 0.3) is 0 Å². The topological polar surface area (TPSA) is 12.0 Å². The molecular formula is C27H39N. The summed E-state index contributed by atoms with van der Waals surface area (Å²) in [7, 11) is 0. The van der Waals surface area contributed by atoms with Gasteiger partial charge in [0.15, 0.2) is 0 Å². The van der Waals surface area contributed by atoms with E-state index in [1.807, 2.05) is 0 Å². The molecule has 0 aromatic heterocycles. The maximum Gasteiger partial charge on any atom is 0.0413 e. The van der Waals surface area contributed by atoms with Crippen molar-refractivity contribution in [1.82, 2.24) is 5.32 Å². The van der Waals surface area contributed by atoms with Crippen molar-refractivity contribution in [3.63, 3.8) is 0 Å². The molecule has 2 aliphatic rings. The quantitative estimate of drug-likeness (QED) is 0.598. The van der Waals surface area contributed by atoms with Crippen LogP contribution >= 0.6 is 0 Å². The molecule has 0 spiro atoms. The minimum absolute atomic E-state index is 0.0505. The van der Waals surface area contributed by atoms with E-state index in [1.165, 1.54) is 35.6 Å². The summed E-state index contributed by atoms with van der Waals surface area (Å²) in [4.78, 5) is 0. The molecule has 4 rings (SSSR count). The molecular weight excluding hydrogens is 338 g/mol. The van der Waals surface area contributed by atoms with E-state index >= 15 is 0 Å². The molecule has 5 unspecified atom stereocenters. The maximum atomic E-state index is 4.31. The number of fused-ring (bicyclic) bond motifs is 3. The van der Waals surface area contributed by atoms with Crippen LogP contribution in [-0.2, 0) is 12.0 Å². The Balaban J connectivity index is 1.77. The van der Waals surface area contributed by atoms with Gasteiger partial charge in [-0.05, 0) is 84.6 Å². The summed E-state index contributed by atoms with van der Waals surface area (Å²) in [5.74, 6) is 3.60. The minimum Gasteiger partial charge on any atom is -0.302 e. The van der Waals surface area contributed by atoms with Gasteiger partial charge in [0.05, 0.1) is 0 Å². The fraction of sp³-hybridized carbons (Fsp3) is 0.630. The summed E-state index contributed by atoms with van der Waals surface area (Å²) in [5, 5.41) is 7.15. The number of aryl methyl sites for hydroxylation is 1. The third-order valence-corrected chi connectivity index (χ3v) is 9.41. The molecule has 0 heterocycles. The molecule has 1 nitrogen and oxygen atoms in total. The third-order valence-electron chi connectivity index (χ3n) is 9.41. The molecule has 1 fully saturated rings. The summed E-state index contributed by atoms with van der Waals surface area (Å²) < 4.78 is 0. The maximum absolute atomic E-state index is 4.31. The van der Waals surface area contributed by atoms with Crippen LogP contribution < -0.4 is 5.32 Å². The Morgan fingerprint density at radius 3 is 2.14 bits per heavy atom. The Kier molecular flexibility index (Phi) is 4.90. The zero-order valence-corrected chi connectivity index (χ0v) is 19.0. The fourth-order valence-electron chi connectivity index (χ4n) is 6.72. The van der Waals surface area contributed by atoms with E-state index in [0.29, 0.717) is 11.8 Å². The van der Waals surface area contributed by atoms with Crippen LogP contribution in [0.1, 0.15) is 72.4 Å². The second kappa shape index (κ2) is 6.87. The van der Waals surface area contributed by atoms with Gasteiger partial charge in [-0.1, -0.05) is 71.0 Å². The lowest BCUT2D eigenvalue weighted by molar-refractivity contribution is -0.0342. The lowest BCUT2D eigenvalue weighted by atomic mass is 9.55. The molecule has 0 saturated heterocycles. The Bertz CT molecular complexity index is 852. The van der Waals surface area contributed by atoms with Crippen molar-refractivity contribution in [3.05, 3.63) is 47.5 Å². The highest BCUT2D eigenvalue weighted by Gasteiger charge is 2.51. The first-order valence-electron chi connectivity index (χ1n) is 11.5. The largest absolute Gasteiger partial charge is 0.302 e. The van der Waals surface area contributed by atoms with Gasteiger partial charge in [0.2, 0.25) is 0 Å². The van der Waals surface area contributed by atoms with Gasteiger partial charge < -0.3 is 5.32 Å². The zero-order chi connectivity index (χ0) is 20.3. The predicted molar refractivity (Wildman–Crippen MR) is 122 cm³/mol. The number of nitrogens with one attached hydrogen (secondary N) is 1. The Labute approximate surface area is 172 Å². The first-order chi connectivity index (χ1) is 13.2. The Morgan fingerprint density at radius 2 is 1.46 bits per heavy atom. The molecule has 2 aromatic carbocycles. The minimum atomic E-state index is 0.0505. The van der Waals surface area contributed by atoms with Crippen LogP contribution in [0.2, 0.25) is 0 Å². The molecule has 1 saturated carbocycles. The van der Waals surface area contributed by atoms with Gasteiger partial charge in [-0.2, -0.15) is 0 Å². The molecule has 1 N–H and O–H groups in total. The lowest BCUT2D eigenvalue weighted by Crippen LogP contribution is -2.66. The fourth-order valence-corrected chi connectivity index (χ4v) is 6.72. The van der Waals surface area contributed by atoms with Crippen LogP contribution in [0, 0.1) is 29.6 Å². The van der Waals surface area contributed by atoms with Crippen molar-refractivity contribution in [3.8, 4) is 0 Å². The van der Waals surface area contributed by atoms with Crippen molar-refractivity contribution in [2.75, 3.05) is 0 Å². The van der Waals surface area contributed by atoms with Crippen molar-refractivity contribution < 1.29 is 0 Å². The number of benzene rings is 2. The standard InChI is InChI=1S/C27H39N/c1-17-18(2)20(4)27(7,21(5)19(17)3)28-26(6)16-10-13-24-23-12-9-8-11-22(23)14-15-25(24)26/h8-9,11-12,14-15,17-21,28H,10,13,16H2,1-7H3. The number of rotatable bonds is 2. The van der Waals surface area contributed by atoms with E-state index in [1.54, 1.807) is 5.56 Å². The van der Waals surface area contributed by atoms with Gasteiger partial charge >= 0.3 is 0 Å². The molecule has 152 valence electrons. The predicted octanol–water partition coefficient (Wildman–Crippen LogP) is 6.93. The molecule has 5 atom stereocenters. The first kappa shape index (κ1) is 20.0. The van der Waals surface area contributed by atoms with Gasteiger partial charge in [0, 0.05) is 11.1 Å². The third kappa shape index (κ3) is 2.84. The average Bonchev–Trinajstić information content (AvgIpc) is 2.69. The van der Waals surface area contributed by atoms with Crippen LogP contribution in [-0.4, -0.2) is 5.54 Å². The first-order valence-corrected chi connectivity index (χ1v) is 11.5. The monoisotopic (exact) mass is 377 g/mol. The molecule has 0 aliphatic heterocycles. The van der Waals surface area contributed by atoms with E-state index in [0.717, 1.165) is 17.8 Å². The van der Waals surface area contributed by atoms with Crippen molar-refractivity contribution in [2.45, 2.75) is 78.8 Å². The van der Waals surface area contributed by atoms with Crippen LogP contribution in [0.3, 0.4) is 0 Å². The lowest BCUT2D eigenvalue weighted by Gasteiger charge is -2.58. The number of hydrogen-bond acceptors (Lipinski definition) is 1. The van der Waals surface area contributed by atoms with Gasteiger partial charge in [-0.15, -0.1) is 0 Å². The smallest absolute Gasteiger partial charge is 0.0413 e.